The van der Waals surface area contributed by atoms with Crippen LogP contribution in [0.25, 0.3) is 0 Å². The van der Waals surface area contributed by atoms with Crippen LogP contribution in [0.2, 0.25) is 5.02 Å². The summed E-state index contributed by atoms with van der Waals surface area (Å²) in [7, 11) is -3.61. The maximum atomic E-state index is 12.2. The molecule has 1 rings (SSSR count). The molecule has 7 heteroatoms. The van der Waals surface area contributed by atoms with Gasteiger partial charge in [0.15, 0.2) is 0 Å². The Balaban J connectivity index is 3.34. The molecule has 0 radical (unpaired) electrons. The molecular formula is C11H13Cl2NO3S. The Hall–Kier alpha value is -0.620. The van der Waals surface area contributed by atoms with Crippen LogP contribution in [0.4, 0.5) is 0 Å². The fourth-order valence-corrected chi connectivity index (χ4v) is 3.42. The van der Waals surface area contributed by atoms with Gasteiger partial charge in [-0.25, -0.2) is 8.42 Å². The average Bonchev–Trinajstić information content (AvgIpc) is 2.30. The van der Waals surface area contributed by atoms with Crippen LogP contribution in [0.3, 0.4) is 0 Å². The van der Waals surface area contributed by atoms with Crippen LogP contribution in [-0.4, -0.2) is 31.1 Å². The normalized spacial score (nSPS) is 11.8. The van der Waals surface area contributed by atoms with Crippen LogP contribution in [-0.2, 0) is 10.0 Å². The summed E-state index contributed by atoms with van der Waals surface area (Å²) in [5, 5.41) is -0.648. The third kappa shape index (κ3) is 3.03. The summed E-state index contributed by atoms with van der Waals surface area (Å²) in [6.07, 6.45) is 0. The lowest BCUT2D eigenvalue weighted by molar-refractivity contribution is 0.108. The number of carbonyl (C=O) groups is 1. The van der Waals surface area contributed by atoms with E-state index in [1.165, 1.54) is 22.5 Å². The van der Waals surface area contributed by atoms with Crippen LogP contribution in [0, 0.1) is 0 Å². The molecule has 0 atom stereocenters. The maximum Gasteiger partial charge on any atom is 0.253 e. The van der Waals surface area contributed by atoms with Gasteiger partial charge in [-0.15, -0.1) is 0 Å². The van der Waals surface area contributed by atoms with Gasteiger partial charge < -0.3 is 0 Å². The van der Waals surface area contributed by atoms with E-state index in [9.17, 15) is 13.2 Å². The van der Waals surface area contributed by atoms with Crippen molar-refractivity contribution in [3.63, 3.8) is 0 Å². The first-order valence-electron chi connectivity index (χ1n) is 5.34. The molecule has 0 amide bonds. The van der Waals surface area contributed by atoms with Crippen molar-refractivity contribution in [3.8, 4) is 0 Å². The Kier molecular flexibility index (Phi) is 5.16. The van der Waals surface area contributed by atoms with Gasteiger partial charge in [-0.3, -0.25) is 4.79 Å². The smallest absolute Gasteiger partial charge is 0.253 e. The molecule has 0 aliphatic heterocycles. The Morgan fingerprint density at radius 3 is 2.28 bits per heavy atom. The van der Waals surface area contributed by atoms with Crippen molar-refractivity contribution in [2.75, 3.05) is 13.1 Å². The highest BCUT2D eigenvalue weighted by Gasteiger charge is 2.23. The monoisotopic (exact) mass is 309 g/mol. The van der Waals surface area contributed by atoms with Crippen LogP contribution >= 0.6 is 23.2 Å². The third-order valence-corrected chi connectivity index (χ3v) is 5.07. The van der Waals surface area contributed by atoms with Crippen molar-refractivity contribution >= 4 is 38.5 Å². The molecule has 0 unspecified atom stereocenters. The fraction of sp³-hybridized carbons (Fsp3) is 0.364. The summed E-state index contributed by atoms with van der Waals surface area (Å²) >= 11 is 11.1. The molecule has 0 saturated carbocycles. The molecule has 0 saturated heterocycles. The standard InChI is InChI=1S/C11H13Cl2NO3S/c1-3-14(4-2)18(16,17)8-5-6-10(12)9(7-8)11(13)15/h5-7H,3-4H2,1-2H3. The number of nitrogens with zero attached hydrogens (tertiary/aromatic N) is 1. The summed E-state index contributed by atoms with van der Waals surface area (Å²) in [6.45, 7) is 4.19. The number of halogens is 2. The zero-order chi connectivity index (χ0) is 13.9. The van der Waals surface area contributed by atoms with E-state index in [0.29, 0.717) is 13.1 Å². The highest BCUT2D eigenvalue weighted by atomic mass is 35.5. The van der Waals surface area contributed by atoms with Crippen molar-refractivity contribution in [2.45, 2.75) is 18.7 Å². The van der Waals surface area contributed by atoms with E-state index in [1.807, 2.05) is 0 Å². The third-order valence-electron chi connectivity index (χ3n) is 2.49. The van der Waals surface area contributed by atoms with E-state index in [-0.39, 0.29) is 15.5 Å². The van der Waals surface area contributed by atoms with Crippen LogP contribution in [0.1, 0.15) is 24.2 Å². The van der Waals surface area contributed by atoms with Gasteiger partial charge in [0.05, 0.1) is 15.5 Å². The second-order valence-corrected chi connectivity index (χ2v) is 6.19. The van der Waals surface area contributed by atoms with Gasteiger partial charge in [0.2, 0.25) is 10.0 Å². The minimum absolute atomic E-state index is 0.00781. The van der Waals surface area contributed by atoms with Gasteiger partial charge in [-0.05, 0) is 29.8 Å². The summed E-state index contributed by atoms with van der Waals surface area (Å²) in [4.78, 5) is 11.1. The predicted molar refractivity (Wildman–Crippen MR) is 71.7 cm³/mol. The fourth-order valence-electron chi connectivity index (χ4n) is 1.53. The topological polar surface area (TPSA) is 54.5 Å². The van der Waals surface area contributed by atoms with Crippen LogP contribution in [0.15, 0.2) is 23.1 Å². The van der Waals surface area contributed by atoms with E-state index in [4.69, 9.17) is 23.2 Å². The summed E-state index contributed by atoms with van der Waals surface area (Å²) in [6, 6.07) is 3.91. The zero-order valence-electron chi connectivity index (χ0n) is 9.98. The van der Waals surface area contributed by atoms with E-state index in [1.54, 1.807) is 13.8 Å². The Morgan fingerprint density at radius 2 is 1.83 bits per heavy atom. The lowest BCUT2D eigenvalue weighted by Gasteiger charge is -2.18. The zero-order valence-corrected chi connectivity index (χ0v) is 12.3. The molecule has 0 aliphatic rings. The molecule has 0 aromatic heterocycles. The minimum atomic E-state index is -3.61. The Labute approximate surface area is 117 Å². The lowest BCUT2D eigenvalue weighted by Crippen LogP contribution is -2.30. The minimum Gasteiger partial charge on any atom is -0.276 e. The van der Waals surface area contributed by atoms with Crippen molar-refractivity contribution < 1.29 is 13.2 Å². The predicted octanol–water partition coefficient (Wildman–Crippen LogP) is 2.75. The highest BCUT2D eigenvalue weighted by Crippen LogP contribution is 2.24. The van der Waals surface area contributed by atoms with E-state index >= 15 is 0 Å². The molecule has 0 aliphatic carbocycles. The van der Waals surface area contributed by atoms with Gasteiger partial charge in [0.25, 0.3) is 5.24 Å². The quantitative estimate of drug-likeness (QED) is 0.786. The van der Waals surface area contributed by atoms with Crippen molar-refractivity contribution in [2.24, 2.45) is 0 Å². The molecule has 100 valence electrons. The highest BCUT2D eigenvalue weighted by molar-refractivity contribution is 7.89. The van der Waals surface area contributed by atoms with E-state index in [0.717, 1.165) is 0 Å². The number of sulfonamides is 1. The molecule has 0 bridgehead atoms. The number of hydrogen-bond acceptors (Lipinski definition) is 3. The molecule has 0 heterocycles. The number of carbonyl (C=O) groups excluding carboxylic acids is 1. The van der Waals surface area contributed by atoms with Gasteiger partial charge >= 0.3 is 0 Å². The largest absolute Gasteiger partial charge is 0.276 e. The SMILES string of the molecule is CCN(CC)S(=O)(=O)c1ccc(Cl)c(C(=O)Cl)c1. The first-order chi connectivity index (χ1) is 8.34. The van der Waals surface area contributed by atoms with Gasteiger partial charge in [-0.2, -0.15) is 4.31 Å². The van der Waals surface area contributed by atoms with Crippen molar-refractivity contribution in [3.05, 3.63) is 28.8 Å². The Bertz CT molecular complexity index is 553. The second-order valence-electron chi connectivity index (χ2n) is 3.50. The van der Waals surface area contributed by atoms with E-state index in [2.05, 4.69) is 0 Å². The summed E-state index contributed by atoms with van der Waals surface area (Å²) in [5.74, 6) is 0. The van der Waals surface area contributed by atoms with Crippen LogP contribution in [0.5, 0.6) is 0 Å². The number of hydrogen-bond donors (Lipinski definition) is 0. The number of rotatable bonds is 5. The van der Waals surface area contributed by atoms with Gasteiger partial charge in [-0.1, -0.05) is 25.4 Å². The molecular weight excluding hydrogens is 297 g/mol. The molecule has 0 fully saturated rings. The Morgan fingerprint density at radius 1 is 1.28 bits per heavy atom. The molecule has 1 aromatic rings. The maximum absolute atomic E-state index is 12.2. The molecule has 18 heavy (non-hydrogen) atoms. The first kappa shape index (κ1) is 15.4. The lowest BCUT2D eigenvalue weighted by atomic mass is 10.2. The molecule has 4 nitrogen and oxygen atoms in total. The van der Waals surface area contributed by atoms with E-state index < -0.39 is 15.3 Å². The first-order valence-corrected chi connectivity index (χ1v) is 7.53. The average molecular weight is 310 g/mol. The van der Waals surface area contributed by atoms with Gasteiger partial charge in [0.1, 0.15) is 0 Å². The van der Waals surface area contributed by atoms with Crippen molar-refractivity contribution in [1.82, 2.24) is 4.31 Å². The molecule has 0 N–H and O–H groups in total. The summed E-state index contributed by atoms with van der Waals surface area (Å²) in [5.41, 5.74) is -0.00781. The second kappa shape index (κ2) is 6.02. The molecule has 1 aromatic carbocycles. The number of benzene rings is 1. The van der Waals surface area contributed by atoms with Crippen LogP contribution < -0.4 is 0 Å². The summed E-state index contributed by atoms with van der Waals surface area (Å²) < 4.78 is 25.7. The van der Waals surface area contributed by atoms with Gasteiger partial charge in [0, 0.05) is 13.1 Å². The molecule has 0 spiro atoms. The van der Waals surface area contributed by atoms with Crippen molar-refractivity contribution in [1.29, 1.82) is 0 Å².